The summed E-state index contributed by atoms with van der Waals surface area (Å²) in [5.74, 6) is -0.0155. The molecule has 0 aliphatic rings. The highest BCUT2D eigenvalue weighted by Crippen LogP contribution is 2.20. The van der Waals surface area contributed by atoms with Crippen LogP contribution in [0.4, 0.5) is 0 Å². The van der Waals surface area contributed by atoms with Crippen LogP contribution in [0.3, 0.4) is 0 Å². The Hall–Kier alpha value is -1.33. The SMILES string of the molecule is N=C(N)c1ccc(Cl)cc1-n1cc(Br)cn1. The molecule has 82 valence electrons. The quantitative estimate of drug-likeness (QED) is 0.661. The minimum Gasteiger partial charge on any atom is -0.384 e. The van der Waals surface area contributed by atoms with Crippen molar-refractivity contribution in [3.8, 4) is 5.69 Å². The number of hydrogen-bond donors (Lipinski definition) is 2. The smallest absolute Gasteiger partial charge is 0.124 e. The van der Waals surface area contributed by atoms with E-state index in [1.807, 2.05) is 0 Å². The van der Waals surface area contributed by atoms with E-state index < -0.39 is 0 Å². The van der Waals surface area contributed by atoms with Crippen LogP contribution in [-0.2, 0) is 0 Å². The van der Waals surface area contributed by atoms with E-state index in [9.17, 15) is 0 Å². The molecule has 2 rings (SSSR count). The summed E-state index contributed by atoms with van der Waals surface area (Å²) in [6, 6.07) is 5.12. The van der Waals surface area contributed by atoms with Crippen LogP contribution in [0.15, 0.2) is 35.1 Å². The van der Waals surface area contributed by atoms with E-state index in [4.69, 9.17) is 22.7 Å². The molecule has 0 saturated heterocycles. The number of nitrogens with zero attached hydrogens (tertiary/aromatic N) is 2. The predicted octanol–water partition coefficient (Wildman–Crippen LogP) is 2.57. The van der Waals surface area contributed by atoms with Crippen molar-refractivity contribution in [2.24, 2.45) is 5.73 Å². The maximum atomic E-state index is 7.48. The van der Waals surface area contributed by atoms with Gasteiger partial charge in [0.1, 0.15) is 5.84 Å². The number of nitrogens with one attached hydrogen (secondary N) is 1. The number of benzene rings is 1. The standard InChI is InChI=1S/C10H8BrClN4/c11-6-4-15-16(5-6)9-3-7(12)1-2-8(9)10(13)14/h1-5H,(H3,13,14). The van der Waals surface area contributed by atoms with Gasteiger partial charge in [-0.3, -0.25) is 5.41 Å². The highest BCUT2D eigenvalue weighted by Gasteiger charge is 2.09. The molecule has 0 atom stereocenters. The van der Waals surface area contributed by atoms with Crippen molar-refractivity contribution in [2.45, 2.75) is 0 Å². The molecule has 6 heteroatoms. The van der Waals surface area contributed by atoms with Crippen molar-refractivity contribution in [2.75, 3.05) is 0 Å². The van der Waals surface area contributed by atoms with Crippen molar-refractivity contribution < 1.29 is 0 Å². The first-order valence-corrected chi connectivity index (χ1v) is 5.59. The first kappa shape index (κ1) is 11.2. The van der Waals surface area contributed by atoms with Gasteiger partial charge in [0, 0.05) is 16.8 Å². The molecule has 1 heterocycles. The van der Waals surface area contributed by atoms with Crippen LogP contribution < -0.4 is 5.73 Å². The molecular weight excluding hydrogens is 291 g/mol. The first-order chi connectivity index (χ1) is 7.58. The lowest BCUT2D eigenvalue weighted by Crippen LogP contribution is -2.14. The fourth-order valence-electron chi connectivity index (χ4n) is 1.35. The zero-order valence-electron chi connectivity index (χ0n) is 8.11. The van der Waals surface area contributed by atoms with E-state index in [2.05, 4.69) is 21.0 Å². The third-order valence-electron chi connectivity index (χ3n) is 2.05. The second kappa shape index (κ2) is 4.27. The Labute approximate surface area is 106 Å². The average molecular weight is 300 g/mol. The second-order valence-electron chi connectivity index (χ2n) is 3.18. The largest absolute Gasteiger partial charge is 0.384 e. The van der Waals surface area contributed by atoms with Gasteiger partial charge in [-0.1, -0.05) is 11.6 Å². The Balaban J connectivity index is 2.62. The van der Waals surface area contributed by atoms with E-state index in [1.54, 1.807) is 35.3 Å². The van der Waals surface area contributed by atoms with Crippen LogP contribution in [0.1, 0.15) is 5.56 Å². The molecule has 0 unspecified atom stereocenters. The van der Waals surface area contributed by atoms with E-state index >= 15 is 0 Å². The Morgan fingerprint density at radius 3 is 2.81 bits per heavy atom. The molecule has 3 N–H and O–H groups in total. The Bertz CT molecular complexity index is 550. The van der Waals surface area contributed by atoms with Crippen LogP contribution in [0.5, 0.6) is 0 Å². The average Bonchev–Trinajstić information content (AvgIpc) is 2.64. The van der Waals surface area contributed by atoms with Gasteiger partial charge in [0.15, 0.2) is 0 Å². The molecule has 0 radical (unpaired) electrons. The maximum absolute atomic E-state index is 7.48. The minimum atomic E-state index is -0.0155. The molecule has 0 spiro atoms. The Morgan fingerprint density at radius 1 is 1.50 bits per heavy atom. The summed E-state index contributed by atoms with van der Waals surface area (Å²) >= 11 is 9.22. The maximum Gasteiger partial charge on any atom is 0.124 e. The van der Waals surface area contributed by atoms with Gasteiger partial charge < -0.3 is 5.73 Å². The number of hydrogen-bond acceptors (Lipinski definition) is 2. The topological polar surface area (TPSA) is 67.7 Å². The lowest BCUT2D eigenvalue weighted by Gasteiger charge is -2.08. The third kappa shape index (κ3) is 2.10. The summed E-state index contributed by atoms with van der Waals surface area (Å²) in [6.07, 6.45) is 3.43. The van der Waals surface area contributed by atoms with Crippen molar-refractivity contribution >= 4 is 33.4 Å². The molecule has 0 bridgehead atoms. The van der Waals surface area contributed by atoms with Crippen LogP contribution in [0, 0.1) is 5.41 Å². The Morgan fingerprint density at radius 2 is 2.25 bits per heavy atom. The summed E-state index contributed by atoms with van der Waals surface area (Å²) in [7, 11) is 0. The molecule has 16 heavy (non-hydrogen) atoms. The van der Waals surface area contributed by atoms with Gasteiger partial charge in [-0.15, -0.1) is 0 Å². The molecule has 0 amide bonds. The molecule has 0 fully saturated rings. The zero-order chi connectivity index (χ0) is 11.7. The summed E-state index contributed by atoms with van der Waals surface area (Å²) in [6.45, 7) is 0. The summed E-state index contributed by atoms with van der Waals surface area (Å²) in [5, 5.41) is 12.2. The van der Waals surface area contributed by atoms with Crippen LogP contribution >= 0.6 is 27.5 Å². The minimum absolute atomic E-state index is 0.0155. The molecule has 0 saturated carbocycles. The second-order valence-corrected chi connectivity index (χ2v) is 4.53. The molecule has 0 aliphatic carbocycles. The lowest BCUT2D eigenvalue weighted by molar-refractivity contribution is 0.878. The molecule has 4 nitrogen and oxygen atoms in total. The van der Waals surface area contributed by atoms with E-state index in [-0.39, 0.29) is 5.84 Å². The molecule has 1 aromatic heterocycles. The van der Waals surface area contributed by atoms with Crippen LogP contribution in [-0.4, -0.2) is 15.6 Å². The number of halogens is 2. The molecular formula is C10H8BrClN4. The monoisotopic (exact) mass is 298 g/mol. The van der Waals surface area contributed by atoms with E-state index in [0.717, 1.165) is 4.47 Å². The molecule has 0 aliphatic heterocycles. The Kier molecular flexibility index (Phi) is 2.98. The molecule has 1 aromatic carbocycles. The lowest BCUT2D eigenvalue weighted by atomic mass is 10.1. The predicted molar refractivity (Wildman–Crippen MR) is 67.3 cm³/mol. The zero-order valence-corrected chi connectivity index (χ0v) is 10.5. The third-order valence-corrected chi connectivity index (χ3v) is 2.69. The fraction of sp³-hybridized carbons (Fsp3) is 0. The van der Waals surface area contributed by atoms with Crippen molar-refractivity contribution in [3.05, 3.63) is 45.7 Å². The van der Waals surface area contributed by atoms with Crippen molar-refractivity contribution in [3.63, 3.8) is 0 Å². The normalized spacial score (nSPS) is 10.4. The fourth-order valence-corrected chi connectivity index (χ4v) is 1.81. The van der Waals surface area contributed by atoms with E-state index in [1.165, 1.54) is 0 Å². The van der Waals surface area contributed by atoms with Crippen LogP contribution in [0.25, 0.3) is 5.69 Å². The summed E-state index contributed by atoms with van der Waals surface area (Å²) in [4.78, 5) is 0. The van der Waals surface area contributed by atoms with Gasteiger partial charge in [-0.25, -0.2) is 4.68 Å². The number of aromatic nitrogens is 2. The number of nitrogens with two attached hydrogens (primary N) is 1. The van der Waals surface area contributed by atoms with E-state index in [0.29, 0.717) is 16.3 Å². The van der Waals surface area contributed by atoms with Crippen LogP contribution in [0.2, 0.25) is 5.02 Å². The van der Waals surface area contributed by atoms with Gasteiger partial charge in [0.2, 0.25) is 0 Å². The van der Waals surface area contributed by atoms with Gasteiger partial charge in [0.05, 0.1) is 16.4 Å². The molecule has 2 aromatic rings. The van der Waals surface area contributed by atoms with Gasteiger partial charge in [-0.05, 0) is 34.1 Å². The van der Waals surface area contributed by atoms with Crippen molar-refractivity contribution in [1.82, 2.24) is 9.78 Å². The van der Waals surface area contributed by atoms with Gasteiger partial charge in [0.25, 0.3) is 0 Å². The van der Waals surface area contributed by atoms with Gasteiger partial charge >= 0.3 is 0 Å². The first-order valence-electron chi connectivity index (χ1n) is 4.42. The summed E-state index contributed by atoms with van der Waals surface area (Å²) < 4.78 is 2.47. The highest BCUT2D eigenvalue weighted by molar-refractivity contribution is 9.10. The number of nitrogen functional groups attached to an aromatic ring is 1. The number of rotatable bonds is 2. The van der Waals surface area contributed by atoms with Gasteiger partial charge in [-0.2, -0.15) is 5.10 Å². The highest BCUT2D eigenvalue weighted by atomic mass is 79.9. The van der Waals surface area contributed by atoms with Crippen molar-refractivity contribution in [1.29, 1.82) is 5.41 Å². The number of amidine groups is 1. The summed E-state index contributed by atoms with van der Waals surface area (Å²) in [5.41, 5.74) is 6.78.